The fourth-order valence-electron chi connectivity index (χ4n) is 1.85. The van der Waals surface area contributed by atoms with Gasteiger partial charge in [0, 0.05) is 16.6 Å². The molecule has 1 aromatic carbocycles. The molecule has 102 valence electrons. The lowest BCUT2D eigenvalue weighted by atomic mass is 10.2. The van der Waals surface area contributed by atoms with Crippen LogP contribution in [0.1, 0.15) is 16.1 Å². The van der Waals surface area contributed by atoms with Crippen LogP contribution in [-0.2, 0) is 0 Å². The number of benzene rings is 1. The zero-order chi connectivity index (χ0) is 13.8. The monoisotopic (exact) mass is 297 g/mol. The Kier molecular flexibility index (Phi) is 4.63. The molecule has 19 heavy (non-hydrogen) atoms. The molecule has 1 aromatic heterocycles. The molecule has 0 radical (unpaired) electrons. The van der Waals surface area contributed by atoms with Crippen molar-refractivity contribution in [3.05, 3.63) is 28.1 Å². The maximum Gasteiger partial charge on any atom is 0.263 e. The molecule has 0 bridgehead atoms. The van der Waals surface area contributed by atoms with Gasteiger partial charge < -0.3 is 16.4 Å². The Balaban J connectivity index is 2.18. The fourth-order valence-corrected chi connectivity index (χ4v) is 3.24. The van der Waals surface area contributed by atoms with Gasteiger partial charge in [-0.15, -0.1) is 11.3 Å². The fraction of sp³-hybridized carbons (Fsp3) is 0.308. The van der Waals surface area contributed by atoms with Gasteiger partial charge in [-0.1, -0.05) is 17.7 Å². The van der Waals surface area contributed by atoms with E-state index in [1.807, 2.05) is 19.2 Å². The molecule has 0 aliphatic rings. The molecular weight excluding hydrogens is 282 g/mol. The van der Waals surface area contributed by atoms with E-state index in [0.717, 1.165) is 23.1 Å². The van der Waals surface area contributed by atoms with Gasteiger partial charge in [-0.3, -0.25) is 4.79 Å². The highest BCUT2D eigenvalue weighted by Gasteiger charge is 2.17. The molecule has 0 atom stereocenters. The van der Waals surface area contributed by atoms with Crippen LogP contribution >= 0.6 is 22.9 Å². The summed E-state index contributed by atoms with van der Waals surface area (Å²) in [6.07, 6.45) is 0.883. The molecule has 2 aromatic rings. The molecule has 0 aliphatic carbocycles. The number of rotatable bonds is 5. The second kappa shape index (κ2) is 6.23. The van der Waals surface area contributed by atoms with Crippen LogP contribution in [0.2, 0.25) is 5.02 Å². The first-order valence-electron chi connectivity index (χ1n) is 6.04. The number of halogens is 1. The summed E-state index contributed by atoms with van der Waals surface area (Å²) in [7, 11) is 1.88. The first-order valence-corrected chi connectivity index (χ1v) is 7.24. The summed E-state index contributed by atoms with van der Waals surface area (Å²) in [6, 6.07) is 5.55. The smallest absolute Gasteiger partial charge is 0.263 e. The van der Waals surface area contributed by atoms with Gasteiger partial charge in [0.25, 0.3) is 5.91 Å². The molecule has 6 heteroatoms. The van der Waals surface area contributed by atoms with E-state index >= 15 is 0 Å². The third-order valence-electron chi connectivity index (χ3n) is 2.80. The van der Waals surface area contributed by atoms with Gasteiger partial charge >= 0.3 is 0 Å². The highest BCUT2D eigenvalue weighted by atomic mass is 35.5. The Bertz CT molecular complexity index is 597. The molecule has 0 fully saturated rings. The zero-order valence-electron chi connectivity index (χ0n) is 10.6. The van der Waals surface area contributed by atoms with Gasteiger partial charge in [0.2, 0.25) is 0 Å². The largest absolute Gasteiger partial charge is 0.397 e. The van der Waals surface area contributed by atoms with Crippen LogP contribution < -0.4 is 16.4 Å². The Morgan fingerprint density at radius 1 is 1.42 bits per heavy atom. The maximum atomic E-state index is 12.1. The SMILES string of the molecule is CNCCCNC(=O)c1sc2cccc(Cl)c2c1N. The molecule has 1 amide bonds. The maximum absolute atomic E-state index is 12.1. The summed E-state index contributed by atoms with van der Waals surface area (Å²) in [5.41, 5.74) is 6.49. The number of hydrogen-bond donors (Lipinski definition) is 3. The lowest BCUT2D eigenvalue weighted by molar-refractivity contribution is 0.0958. The lowest BCUT2D eigenvalue weighted by Gasteiger charge is -2.04. The number of thiophene rings is 1. The van der Waals surface area contributed by atoms with E-state index in [2.05, 4.69) is 10.6 Å². The van der Waals surface area contributed by atoms with Crippen LogP contribution in [-0.4, -0.2) is 26.0 Å². The Morgan fingerprint density at radius 3 is 2.89 bits per heavy atom. The number of nitrogen functional groups attached to an aromatic ring is 1. The Hall–Kier alpha value is -1.30. The van der Waals surface area contributed by atoms with Gasteiger partial charge in [-0.2, -0.15) is 0 Å². The van der Waals surface area contributed by atoms with Crippen LogP contribution in [0, 0.1) is 0 Å². The predicted octanol–water partition coefficient (Wildman–Crippen LogP) is 2.48. The number of anilines is 1. The molecule has 1 heterocycles. The average molecular weight is 298 g/mol. The second-order valence-corrected chi connectivity index (χ2v) is 5.63. The molecule has 0 aliphatic heterocycles. The summed E-state index contributed by atoms with van der Waals surface area (Å²) in [6.45, 7) is 1.50. The van der Waals surface area contributed by atoms with Crippen molar-refractivity contribution in [3.8, 4) is 0 Å². The lowest BCUT2D eigenvalue weighted by Crippen LogP contribution is -2.26. The number of nitrogens with two attached hydrogens (primary N) is 1. The highest BCUT2D eigenvalue weighted by Crippen LogP contribution is 2.37. The van der Waals surface area contributed by atoms with E-state index in [1.165, 1.54) is 11.3 Å². The number of nitrogens with one attached hydrogen (secondary N) is 2. The summed E-state index contributed by atoms with van der Waals surface area (Å²) in [5, 5.41) is 7.25. The first-order chi connectivity index (χ1) is 9.15. The molecular formula is C13H16ClN3OS. The topological polar surface area (TPSA) is 67.1 Å². The van der Waals surface area contributed by atoms with Crippen molar-refractivity contribution in [1.82, 2.24) is 10.6 Å². The van der Waals surface area contributed by atoms with Gasteiger partial charge in [0.15, 0.2) is 0 Å². The van der Waals surface area contributed by atoms with E-state index in [9.17, 15) is 4.79 Å². The minimum absolute atomic E-state index is 0.133. The minimum atomic E-state index is -0.133. The quantitative estimate of drug-likeness (QED) is 0.743. The normalized spacial score (nSPS) is 10.8. The average Bonchev–Trinajstić information content (AvgIpc) is 2.73. The van der Waals surface area contributed by atoms with Crippen molar-refractivity contribution < 1.29 is 4.79 Å². The number of fused-ring (bicyclic) bond motifs is 1. The molecule has 4 N–H and O–H groups in total. The highest BCUT2D eigenvalue weighted by molar-refractivity contribution is 7.21. The molecule has 0 saturated heterocycles. The van der Waals surface area contributed by atoms with Crippen molar-refractivity contribution in [1.29, 1.82) is 0 Å². The molecule has 0 spiro atoms. The van der Waals surface area contributed by atoms with E-state index in [-0.39, 0.29) is 5.91 Å². The van der Waals surface area contributed by atoms with Gasteiger partial charge in [-0.25, -0.2) is 0 Å². The van der Waals surface area contributed by atoms with Crippen molar-refractivity contribution in [3.63, 3.8) is 0 Å². The van der Waals surface area contributed by atoms with Gasteiger partial charge in [0.05, 0.1) is 10.7 Å². The van der Waals surface area contributed by atoms with E-state index in [4.69, 9.17) is 17.3 Å². The third-order valence-corrected chi connectivity index (χ3v) is 4.28. The van der Waals surface area contributed by atoms with Crippen molar-refractivity contribution in [2.45, 2.75) is 6.42 Å². The summed E-state index contributed by atoms with van der Waals surface area (Å²) < 4.78 is 0.936. The van der Waals surface area contributed by atoms with E-state index < -0.39 is 0 Å². The molecule has 2 rings (SSSR count). The van der Waals surface area contributed by atoms with Crippen molar-refractivity contribution in [2.24, 2.45) is 0 Å². The van der Waals surface area contributed by atoms with Crippen molar-refractivity contribution in [2.75, 3.05) is 25.9 Å². The van der Waals surface area contributed by atoms with Gasteiger partial charge in [0.1, 0.15) is 4.88 Å². The Morgan fingerprint density at radius 2 is 2.21 bits per heavy atom. The molecule has 0 saturated carbocycles. The zero-order valence-corrected chi connectivity index (χ0v) is 12.2. The Labute approximate surface area is 120 Å². The van der Waals surface area contributed by atoms with Crippen molar-refractivity contribution >= 4 is 44.6 Å². The van der Waals surface area contributed by atoms with Crippen LogP contribution in [0.15, 0.2) is 18.2 Å². The van der Waals surface area contributed by atoms with Crippen LogP contribution in [0.25, 0.3) is 10.1 Å². The molecule has 0 unspecified atom stereocenters. The number of carbonyl (C=O) groups excluding carboxylic acids is 1. The minimum Gasteiger partial charge on any atom is -0.397 e. The van der Waals surface area contributed by atoms with Crippen LogP contribution in [0.5, 0.6) is 0 Å². The number of amides is 1. The van der Waals surface area contributed by atoms with E-state index in [1.54, 1.807) is 6.07 Å². The van der Waals surface area contributed by atoms with Crippen LogP contribution in [0.4, 0.5) is 5.69 Å². The second-order valence-electron chi connectivity index (χ2n) is 4.17. The molecule has 4 nitrogen and oxygen atoms in total. The predicted molar refractivity (Wildman–Crippen MR) is 82.1 cm³/mol. The first kappa shape index (κ1) is 14.1. The summed E-state index contributed by atoms with van der Waals surface area (Å²) in [5.74, 6) is -0.133. The van der Waals surface area contributed by atoms with Gasteiger partial charge in [-0.05, 0) is 32.1 Å². The third kappa shape index (κ3) is 3.00. The number of hydrogen-bond acceptors (Lipinski definition) is 4. The standard InChI is InChI=1S/C13H16ClN3OS/c1-16-6-3-7-17-13(18)12-11(15)10-8(14)4-2-5-9(10)19-12/h2,4-5,16H,3,6-7,15H2,1H3,(H,17,18). The summed E-state index contributed by atoms with van der Waals surface area (Å²) >= 11 is 7.49. The summed E-state index contributed by atoms with van der Waals surface area (Å²) in [4.78, 5) is 12.6. The number of carbonyl (C=O) groups is 1. The van der Waals surface area contributed by atoms with Crippen LogP contribution in [0.3, 0.4) is 0 Å². The van der Waals surface area contributed by atoms with E-state index in [0.29, 0.717) is 22.1 Å².